The summed E-state index contributed by atoms with van der Waals surface area (Å²) in [5, 5.41) is 2.28. The van der Waals surface area contributed by atoms with Gasteiger partial charge < -0.3 is 0 Å². The van der Waals surface area contributed by atoms with Crippen molar-refractivity contribution in [1.29, 1.82) is 0 Å². The Labute approximate surface area is 105 Å². The maximum absolute atomic E-state index is 6.36. The second kappa shape index (κ2) is 5.03. The first-order valence-electron chi connectivity index (χ1n) is 5.46. The number of hydrogen-bond acceptors (Lipinski definition) is 1. The number of hydrogen-bond donors (Lipinski definition) is 0. The molecule has 0 fully saturated rings. The average molecular weight is 254 g/mol. The Morgan fingerprint density at radius 2 is 1.94 bits per heavy atom. The Hall–Kier alpha value is -0.790. The molecule has 0 atom stereocenters. The van der Waals surface area contributed by atoms with Crippen LogP contribution < -0.4 is 0 Å². The molecule has 1 aromatic heterocycles. The first-order chi connectivity index (χ1) is 7.74. The summed E-state index contributed by atoms with van der Waals surface area (Å²) >= 11 is 12.5. The summed E-state index contributed by atoms with van der Waals surface area (Å²) < 4.78 is 0. The van der Waals surface area contributed by atoms with Crippen molar-refractivity contribution in [2.24, 2.45) is 0 Å². The van der Waals surface area contributed by atoms with E-state index in [-0.39, 0.29) is 0 Å². The summed E-state index contributed by atoms with van der Waals surface area (Å²) in [6, 6.07) is 7.81. The van der Waals surface area contributed by atoms with Crippen LogP contribution in [0.4, 0.5) is 0 Å². The minimum absolute atomic E-state index is 0.539. The number of para-hydroxylation sites is 1. The second-order valence-electron chi connectivity index (χ2n) is 3.82. The summed E-state index contributed by atoms with van der Waals surface area (Å²) in [7, 11) is 0. The molecule has 0 aliphatic carbocycles. The van der Waals surface area contributed by atoms with Gasteiger partial charge in [-0.15, -0.1) is 0 Å². The maximum atomic E-state index is 6.36. The highest BCUT2D eigenvalue weighted by Gasteiger charge is 2.11. The van der Waals surface area contributed by atoms with E-state index in [0.717, 1.165) is 40.8 Å². The highest BCUT2D eigenvalue weighted by molar-refractivity contribution is 6.39. The van der Waals surface area contributed by atoms with Crippen LogP contribution in [0.2, 0.25) is 10.2 Å². The number of aromatic nitrogens is 1. The summed E-state index contributed by atoms with van der Waals surface area (Å²) in [5.41, 5.74) is 1.83. The zero-order valence-electron chi connectivity index (χ0n) is 9.13. The van der Waals surface area contributed by atoms with Gasteiger partial charge in [-0.1, -0.05) is 54.7 Å². The lowest BCUT2D eigenvalue weighted by Crippen LogP contribution is -1.93. The van der Waals surface area contributed by atoms with Gasteiger partial charge in [0.1, 0.15) is 5.15 Å². The number of unbranched alkanes of at least 4 members (excludes halogenated alkanes) is 1. The third kappa shape index (κ3) is 2.16. The molecule has 84 valence electrons. The first kappa shape index (κ1) is 11.7. The molecule has 0 unspecified atom stereocenters. The zero-order chi connectivity index (χ0) is 11.5. The van der Waals surface area contributed by atoms with E-state index in [2.05, 4.69) is 11.9 Å². The number of halogens is 2. The number of rotatable bonds is 3. The van der Waals surface area contributed by atoms with Gasteiger partial charge >= 0.3 is 0 Å². The lowest BCUT2D eigenvalue weighted by atomic mass is 10.1. The molecule has 3 heteroatoms. The van der Waals surface area contributed by atoms with Crippen LogP contribution in [0.5, 0.6) is 0 Å². The molecular weight excluding hydrogens is 241 g/mol. The molecule has 2 rings (SSSR count). The van der Waals surface area contributed by atoms with Gasteiger partial charge in [0.2, 0.25) is 0 Å². The van der Waals surface area contributed by atoms with E-state index in [1.807, 2.05) is 24.3 Å². The second-order valence-corrected chi connectivity index (χ2v) is 4.55. The van der Waals surface area contributed by atoms with Crippen LogP contribution in [0, 0.1) is 0 Å². The van der Waals surface area contributed by atoms with Crippen LogP contribution in [0.1, 0.15) is 25.3 Å². The van der Waals surface area contributed by atoms with Crippen LogP contribution in [0.3, 0.4) is 0 Å². The summed E-state index contributed by atoms with van der Waals surface area (Å²) in [6.07, 6.45) is 3.10. The Bertz CT molecular complexity index is 509. The fourth-order valence-corrected chi connectivity index (χ4v) is 2.42. The van der Waals surface area contributed by atoms with Gasteiger partial charge in [-0.2, -0.15) is 0 Å². The van der Waals surface area contributed by atoms with Gasteiger partial charge in [0, 0.05) is 10.9 Å². The number of nitrogens with zero attached hydrogens (tertiary/aromatic N) is 1. The topological polar surface area (TPSA) is 12.9 Å². The van der Waals surface area contributed by atoms with Crippen LogP contribution in [0.15, 0.2) is 24.3 Å². The normalized spacial score (nSPS) is 10.9. The highest BCUT2D eigenvalue weighted by Crippen LogP contribution is 2.31. The minimum Gasteiger partial charge on any atom is -0.236 e. The van der Waals surface area contributed by atoms with Crippen molar-refractivity contribution in [3.05, 3.63) is 40.0 Å². The van der Waals surface area contributed by atoms with Crippen molar-refractivity contribution in [1.82, 2.24) is 4.98 Å². The van der Waals surface area contributed by atoms with Gasteiger partial charge in [-0.05, 0) is 18.9 Å². The van der Waals surface area contributed by atoms with Crippen LogP contribution in [-0.4, -0.2) is 4.98 Å². The minimum atomic E-state index is 0.539. The van der Waals surface area contributed by atoms with Gasteiger partial charge in [-0.25, -0.2) is 4.98 Å². The average Bonchev–Trinajstić information content (AvgIpc) is 2.29. The molecule has 1 nitrogen and oxygen atoms in total. The van der Waals surface area contributed by atoms with Crippen LogP contribution in [0.25, 0.3) is 10.9 Å². The van der Waals surface area contributed by atoms with Gasteiger partial charge in [-0.3, -0.25) is 0 Å². The third-order valence-corrected chi connectivity index (χ3v) is 3.40. The summed E-state index contributed by atoms with van der Waals surface area (Å²) in [5.74, 6) is 0. The van der Waals surface area contributed by atoms with Crippen molar-refractivity contribution in [2.45, 2.75) is 26.2 Å². The third-order valence-electron chi connectivity index (χ3n) is 2.65. The molecule has 0 N–H and O–H groups in total. The molecule has 1 aromatic carbocycles. The molecule has 16 heavy (non-hydrogen) atoms. The van der Waals surface area contributed by atoms with Crippen molar-refractivity contribution < 1.29 is 0 Å². The predicted octanol–water partition coefficient (Wildman–Crippen LogP) is 4.88. The molecule has 0 saturated heterocycles. The molecule has 0 spiro atoms. The number of pyridine rings is 1. The molecule has 2 aromatic rings. The Morgan fingerprint density at radius 3 is 2.69 bits per heavy atom. The van der Waals surface area contributed by atoms with Gasteiger partial charge in [0.25, 0.3) is 0 Å². The monoisotopic (exact) mass is 253 g/mol. The van der Waals surface area contributed by atoms with Crippen molar-refractivity contribution in [2.75, 3.05) is 0 Å². The lowest BCUT2D eigenvalue weighted by molar-refractivity contribution is 0.794. The van der Waals surface area contributed by atoms with Gasteiger partial charge in [0.05, 0.1) is 10.5 Å². The van der Waals surface area contributed by atoms with Crippen LogP contribution in [-0.2, 0) is 6.42 Å². The van der Waals surface area contributed by atoms with E-state index >= 15 is 0 Å². The van der Waals surface area contributed by atoms with Crippen molar-refractivity contribution >= 4 is 34.1 Å². The molecule has 0 aliphatic rings. The van der Waals surface area contributed by atoms with E-state index in [9.17, 15) is 0 Å². The molecule has 0 amide bonds. The first-order valence-corrected chi connectivity index (χ1v) is 6.22. The smallest absolute Gasteiger partial charge is 0.134 e. The maximum Gasteiger partial charge on any atom is 0.134 e. The van der Waals surface area contributed by atoms with Crippen molar-refractivity contribution in [3.8, 4) is 0 Å². The van der Waals surface area contributed by atoms with E-state index in [4.69, 9.17) is 23.2 Å². The zero-order valence-corrected chi connectivity index (χ0v) is 10.6. The fourth-order valence-electron chi connectivity index (χ4n) is 1.75. The summed E-state index contributed by atoms with van der Waals surface area (Å²) in [4.78, 5) is 4.37. The molecule has 0 bridgehead atoms. The van der Waals surface area contributed by atoms with E-state index in [1.165, 1.54) is 0 Å². The van der Waals surface area contributed by atoms with E-state index < -0.39 is 0 Å². The number of fused-ring (bicyclic) bond motifs is 1. The summed E-state index contributed by atoms with van der Waals surface area (Å²) in [6.45, 7) is 2.15. The van der Waals surface area contributed by atoms with Crippen LogP contribution >= 0.6 is 23.2 Å². The quantitative estimate of drug-likeness (QED) is 0.711. The Morgan fingerprint density at radius 1 is 1.19 bits per heavy atom. The largest absolute Gasteiger partial charge is 0.236 e. The lowest BCUT2D eigenvalue weighted by Gasteiger charge is -2.08. The SMILES string of the molecule is CCCCc1c(Cl)nc2ccccc2c1Cl. The molecule has 1 heterocycles. The number of benzene rings is 1. The van der Waals surface area contributed by atoms with Gasteiger partial charge in [0.15, 0.2) is 0 Å². The molecule has 0 aliphatic heterocycles. The van der Waals surface area contributed by atoms with E-state index in [1.54, 1.807) is 0 Å². The molecule has 0 saturated carbocycles. The van der Waals surface area contributed by atoms with E-state index in [0.29, 0.717) is 5.15 Å². The molecule has 0 radical (unpaired) electrons. The predicted molar refractivity (Wildman–Crippen MR) is 70.4 cm³/mol. The van der Waals surface area contributed by atoms with Crippen molar-refractivity contribution in [3.63, 3.8) is 0 Å². The molecular formula is C13H13Cl2N. The Kier molecular flexibility index (Phi) is 3.67. The fraction of sp³-hybridized carbons (Fsp3) is 0.308. The standard InChI is InChI=1S/C13H13Cl2N/c1-2-3-6-10-12(14)9-7-4-5-8-11(9)16-13(10)15/h4-5,7-8H,2-3,6H2,1H3. The Balaban J connectivity index is 2.56. The highest BCUT2D eigenvalue weighted by atomic mass is 35.5.